The van der Waals surface area contributed by atoms with Gasteiger partial charge in [-0.25, -0.2) is 4.98 Å². The molecule has 0 unspecified atom stereocenters. The number of hydrogen-bond donors (Lipinski definition) is 0. The van der Waals surface area contributed by atoms with Gasteiger partial charge in [0.2, 0.25) is 0 Å². The molecule has 3 rings (SSSR count). The molecule has 0 radical (unpaired) electrons. The molecule has 0 aliphatic heterocycles. The summed E-state index contributed by atoms with van der Waals surface area (Å²) in [6.45, 7) is 0.841. The number of carbonyl (C=O) groups is 1. The van der Waals surface area contributed by atoms with Gasteiger partial charge in [0.1, 0.15) is 5.82 Å². The second-order valence-corrected chi connectivity index (χ2v) is 6.64. The van der Waals surface area contributed by atoms with Crippen LogP contribution in [0.5, 0.6) is 0 Å². The van der Waals surface area contributed by atoms with Crippen molar-refractivity contribution in [3.63, 3.8) is 0 Å². The predicted molar refractivity (Wildman–Crippen MR) is 87.5 cm³/mol. The molecule has 122 valence electrons. The van der Waals surface area contributed by atoms with Crippen molar-refractivity contribution in [1.82, 2.24) is 9.55 Å². The number of hydrogen-bond acceptors (Lipinski definition) is 4. The van der Waals surface area contributed by atoms with Crippen molar-refractivity contribution >= 4 is 28.2 Å². The minimum absolute atomic E-state index is 0.203. The van der Waals surface area contributed by atoms with E-state index in [1.807, 2.05) is 19.9 Å². The molecule has 0 fully saturated rings. The van der Waals surface area contributed by atoms with Gasteiger partial charge in [-0.05, 0) is 37.6 Å². The largest absolute Gasteiger partial charge is 0.320 e. The highest BCUT2D eigenvalue weighted by molar-refractivity contribution is 7.14. The van der Waals surface area contributed by atoms with Gasteiger partial charge in [-0.3, -0.25) is 9.36 Å². The van der Waals surface area contributed by atoms with Crippen LogP contribution in [0.3, 0.4) is 0 Å². The van der Waals surface area contributed by atoms with Crippen LogP contribution < -0.4 is 0 Å². The second-order valence-electron chi connectivity index (χ2n) is 5.38. The zero-order valence-electron chi connectivity index (χ0n) is 13.0. The van der Waals surface area contributed by atoms with Crippen molar-refractivity contribution in [1.29, 1.82) is 5.26 Å². The summed E-state index contributed by atoms with van der Waals surface area (Å²) in [6.07, 6.45) is 0. The fourth-order valence-electron chi connectivity index (χ4n) is 2.54. The number of benzene rings is 1. The molecule has 2 heterocycles. The number of aryl methyl sites for hydroxylation is 2. The second kappa shape index (κ2) is 6.13. The SMILES string of the molecule is Cc1cc(C(=O)[C@@H](C#N)c2nc3ccccc3n2C(F)F)sc1C. The van der Waals surface area contributed by atoms with Crippen molar-refractivity contribution in [2.45, 2.75) is 26.3 Å². The Hall–Kier alpha value is -2.59. The van der Waals surface area contributed by atoms with Gasteiger partial charge in [-0.15, -0.1) is 11.3 Å². The van der Waals surface area contributed by atoms with Crippen LogP contribution >= 0.6 is 11.3 Å². The highest BCUT2D eigenvalue weighted by Gasteiger charge is 2.31. The van der Waals surface area contributed by atoms with Crippen molar-refractivity contribution in [2.24, 2.45) is 0 Å². The van der Waals surface area contributed by atoms with Crippen LogP contribution in [0.1, 0.15) is 38.4 Å². The van der Waals surface area contributed by atoms with E-state index < -0.39 is 18.3 Å². The first kappa shape index (κ1) is 16.3. The third-order valence-electron chi connectivity index (χ3n) is 3.88. The van der Waals surface area contributed by atoms with Crippen molar-refractivity contribution in [2.75, 3.05) is 0 Å². The number of alkyl halides is 2. The maximum atomic E-state index is 13.5. The quantitative estimate of drug-likeness (QED) is 0.649. The summed E-state index contributed by atoms with van der Waals surface area (Å²) in [4.78, 5) is 18.1. The number of Topliss-reactive ketones (excluding diaryl/α,β-unsaturated/α-hetero) is 1. The van der Waals surface area contributed by atoms with Crippen LogP contribution in [0.15, 0.2) is 30.3 Å². The van der Waals surface area contributed by atoms with Gasteiger partial charge in [0.05, 0.1) is 22.0 Å². The molecule has 7 heteroatoms. The molecule has 2 aromatic heterocycles. The number of ketones is 1. The molecule has 0 bridgehead atoms. The van der Waals surface area contributed by atoms with E-state index in [0.29, 0.717) is 15.0 Å². The van der Waals surface area contributed by atoms with E-state index in [-0.39, 0.29) is 11.3 Å². The number of rotatable bonds is 4. The zero-order chi connectivity index (χ0) is 17.4. The molecular weight excluding hydrogens is 332 g/mol. The van der Waals surface area contributed by atoms with Gasteiger partial charge >= 0.3 is 6.55 Å². The number of imidazole rings is 1. The van der Waals surface area contributed by atoms with E-state index in [0.717, 1.165) is 10.4 Å². The summed E-state index contributed by atoms with van der Waals surface area (Å²) < 4.78 is 27.7. The van der Waals surface area contributed by atoms with Crippen molar-refractivity contribution < 1.29 is 13.6 Å². The first-order valence-electron chi connectivity index (χ1n) is 7.20. The Morgan fingerprint density at radius 1 is 1.33 bits per heavy atom. The van der Waals surface area contributed by atoms with Crippen molar-refractivity contribution in [3.05, 3.63) is 51.5 Å². The Bertz CT molecular complexity index is 949. The highest BCUT2D eigenvalue weighted by atomic mass is 32.1. The number of nitriles is 1. The lowest BCUT2D eigenvalue weighted by atomic mass is 10.0. The van der Waals surface area contributed by atoms with Crippen LogP contribution in [0, 0.1) is 25.2 Å². The monoisotopic (exact) mass is 345 g/mol. The molecule has 0 aliphatic rings. The summed E-state index contributed by atoms with van der Waals surface area (Å²) in [5.74, 6) is -2.10. The fraction of sp³-hybridized carbons (Fsp3) is 0.235. The van der Waals surface area contributed by atoms with E-state index in [1.165, 1.54) is 17.4 Å². The summed E-state index contributed by atoms with van der Waals surface area (Å²) in [6, 6.07) is 9.88. The molecule has 24 heavy (non-hydrogen) atoms. The minimum Gasteiger partial charge on any atom is -0.291 e. The summed E-state index contributed by atoms with van der Waals surface area (Å²) in [7, 11) is 0. The first-order chi connectivity index (χ1) is 11.4. The summed E-state index contributed by atoms with van der Waals surface area (Å²) in [5.41, 5.74) is 1.47. The maximum Gasteiger partial charge on any atom is 0.320 e. The number of thiophene rings is 1. The number of halogens is 2. The maximum absolute atomic E-state index is 13.5. The molecule has 1 aromatic carbocycles. The molecule has 0 aliphatic carbocycles. The smallest absolute Gasteiger partial charge is 0.291 e. The summed E-state index contributed by atoms with van der Waals surface area (Å²) >= 11 is 1.26. The third kappa shape index (κ3) is 2.59. The van der Waals surface area contributed by atoms with Crippen LogP contribution in [0.2, 0.25) is 0 Å². The first-order valence-corrected chi connectivity index (χ1v) is 8.01. The van der Waals surface area contributed by atoms with Gasteiger partial charge in [0.25, 0.3) is 0 Å². The van der Waals surface area contributed by atoms with Gasteiger partial charge in [-0.2, -0.15) is 14.0 Å². The molecule has 0 N–H and O–H groups in total. The standard InChI is InChI=1S/C17H13F2N3OS/c1-9-7-14(24-10(9)2)15(23)11(8-20)16-21-12-5-3-4-6-13(12)22(16)17(18)19/h3-7,11,17H,1-2H3/t11-/m1/s1. The van der Waals surface area contributed by atoms with E-state index in [9.17, 15) is 18.8 Å². The molecule has 3 aromatic rings. The fourth-order valence-corrected chi connectivity index (χ4v) is 3.55. The molecule has 1 atom stereocenters. The molecule has 0 amide bonds. The molecule has 0 spiro atoms. The van der Waals surface area contributed by atoms with Crippen molar-refractivity contribution in [3.8, 4) is 6.07 Å². The lowest BCUT2D eigenvalue weighted by molar-refractivity contribution is 0.0701. The van der Waals surface area contributed by atoms with Gasteiger partial charge < -0.3 is 0 Å². The van der Waals surface area contributed by atoms with Crippen LogP contribution in [0.4, 0.5) is 8.78 Å². The Morgan fingerprint density at radius 2 is 2.04 bits per heavy atom. The Labute approximate surface area is 141 Å². The van der Waals surface area contributed by atoms with E-state index in [2.05, 4.69) is 4.98 Å². The third-order valence-corrected chi connectivity index (χ3v) is 5.04. The molecular formula is C17H13F2N3OS. The Morgan fingerprint density at radius 3 is 2.62 bits per heavy atom. The number of aromatic nitrogens is 2. The highest BCUT2D eigenvalue weighted by Crippen LogP contribution is 2.31. The Balaban J connectivity index is 2.15. The van der Waals surface area contributed by atoms with E-state index in [4.69, 9.17) is 0 Å². The van der Waals surface area contributed by atoms with E-state index >= 15 is 0 Å². The van der Waals surface area contributed by atoms with E-state index in [1.54, 1.807) is 24.3 Å². The summed E-state index contributed by atoms with van der Waals surface area (Å²) in [5, 5.41) is 9.45. The lowest BCUT2D eigenvalue weighted by Gasteiger charge is -2.10. The number of carbonyl (C=O) groups excluding carboxylic acids is 1. The topological polar surface area (TPSA) is 58.7 Å². The normalized spacial score (nSPS) is 12.5. The van der Waals surface area contributed by atoms with Crippen LogP contribution in [-0.2, 0) is 0 Å². The predicted octanol–water partition coefficient (Wildman–Crippen LogP) is 4.60. The molecule has 0 saturated carbocycles. The minimum atomic E-state index is -2.89. The molecule has 0 saturated heterocycles. The number of fused-ring (bicyclic) bond motifs is 1. The Kier molecular flexibility index (Phi) is 4.16. The molecule has 4 nitrogen and oxygen atoms in total. The average molecular weight is 345 g/mol. The average Bonchev–Trinajstić information content (AvgIpc) is 3.08. The number of para-hydroxylation sites is 2. The zero-order valence-corrected chi connectivity index (χ0v) is 13.8. The van der Waals surface area contributed by atoms with Gasteiger partial charge in [0, 0.05) is 4.88 Å². The number of nitrogens with zero attached hydrogens (tertiary/aromatic N) is 3. The van der Waals surface area contributed by atoms with Crippen LogP contribution in [0.25, 0.3) is 11.0 Å². The van der Waals surface area contributed by atoms with Gasteiger partial charge in [-0.1, -0.05) is 12.1 Å². The van der Waals surface area contributed by atoms with Gasteiger partial charge in [0.15, 0.2) is 11.7 Å². The lowest BCUT2D eigenvalue weighted by Crippen LogP contribution is -2.16. The van der Waals surface area contributed by atoms with Crippen LogP contribution in [-0.4, -0.2) is 15.3 Å².